The molecular weight excluding hydrogens is 294 g/mol. The molecule has 2 aromatic rings. The lowest BCUT2D eigenvalue weighted by molar-refractivity contribution is 0.0636. The molecule has 0 radical (unpaired) electrons. The Labute approximate surface area is 135 Å². The lowest BCUT2D eigenvalue weighted by atomic mass is 10.1. The highest BCUT2D eigenvalue weighted by Gasteiger charge is 2.16. The minimum atomic E-state index is -0.570. The van der Waals surface area contributed by atoms with Gasteiger partial charge in [0.1, 0.15) is 11.3 Å². The summed E-state index contributed by atoms with van der Waals surface area (Å²) in [4.78, 5) is 26.7. The van der Waals surface area contributed by atoms with E-state index in [1.54, 1.807) is 51.2 Å². The first-order valence-corrected chi connectivity index (χ1v) is 7.30. The number of benzene rings is 1. The van der Waals surface area contributed by atoms with Gasteiger partial charge in [0.2, 0.25) is 0 Å². The Bertz CT molecular complexity index is 700. The number of anilines is 2. The minimum Gasteiger partial charge on any atom is -0.444 e. The second kappa shape index (κ2) is 6.56. The molecule has 0 spiro atoms. The number of rotatable bonds is 3. The number of aromatic nitrogens is 1. The molecule has 6 heteroatoms. The maximum atomic E-state index is 12.1. The van der Waals surface area contributed by atoms with Gasteiger partial charge in [0.25, 0.3) is 5.91 Å². The molecule has 0 aliphatic heterocycles. The molecule has 1 heterocycles. The summed E-state index contributed by atoms with van der Waals surface area (Å²) in [7, 11) is 0. The van der Waals surface area contributed by atoms with Crippen molar-refractivity contribution in [2.24, 2.45) is 0 Å². The molecule has 0 saturated heterocycles. The quantitative estimate of drug-likeness (QED) is 0.802. The normalized spacial score (nSPS) is 11.0. The molecule has 122 valence electrons. The van der Waals surface area contributed by atoms with Crippen LogP contribution >= 0.6 is 0 Å². The van der Waals surface area contributed by atoms with Gasteiger partial charge in [-0.05, 0) is 57.5 Å². The van der Waals surface area contributed by atoms with E-state index < -0.39 is 11.7 Å². The SMILES string of the molecule is Cc1ccc(NC(=O)OC(C)(C)C)cc1NC(=O)c1ccc[nH]1. The Kier molecular flexibility index (Phi) is 4.74. The van der Waals surface area contributed by atoms with Crippen LogP contribution in [0.2, 0.25) is 0 Å². The summed E-state index contributed by atoms with van der Waals surface area (Å²) < 4.78 is 5.21. The zero-order chi connectivity index (χ0) is 17.0. The maximum Gasteiger partial charge on any atom is 0.412 e. The van der Waals surface area contributed by atoms with Crippen molar-refractivity contribution in [3.8, 4) is 0 Å². The van der Waals surface area contributed by atoms with Crippen LogP contribution in [0.3, 0.4) is 0 Å². The van der Waals surface area contributed by atoms with Crippen LogP contribution in [0.1, 0.15) is 36.8 Å². The summed E-state index contributed by atoms with van der Waals surface area (Å²) in [6, 6.07) is 8.70. The molecule has 1 aromatic heterocycles. The first-order chi connectivity index (χ1) is 10.7. The van der Waals surface area contributed by atoms with Gasteiger partial charge >= 0.3 is 6.09 Å². The van der Waals surface area contributed by atoms with Gasteiger partial charge in [-0.1, -0.05) is 6.07 Å². The molecule has 0 fully saturated rings. The minimum absolute atomic E-state index is 0.243. The summed E-state index contributed by atoms with van der Waals surface area (Å²) in [6.07, 6.45) is 1.14. The van der Waals surface area contributed by atoms with Crippen molar-refractivity contribution in [3.05, 3.63) is 47.8 Å². The molecule has 1 aromatic carbocycles. The number of H-pyrrole nitrogens is 1. The van der Waals surface area contributed by atoms with E-state index in [-0.39, 0.29) is 5.91 Å². The number of carbonyl (C=O) groups excluding carboxylic acids is 2. The Morgan fingerprint density at radius 2 is 1.87 bits per heavy atom. The Balaban J connectivity index is 2.10. The zero-order valence-electron chi connectivity index (χ0n) is 13.7. The zero-order valence-corrected chi connectivity index (χ0v) is 13.7. The number of ether oxygens (including phenoxy) is 1. The fraction of sp³-hybridized carbons (Fsp3) is 0.294. The van der Waals surface area contributed by atoms with Gasteiger partial charge < -0.3 is 15.0 Å². The molecule has 0 aliphatic carbocycles. The van der Waals surface area contributed by atoms with Crippen molar-refractivity contribution >= 4 is 23.4 Å². The summed E-state index contributed by atoms with van der Waals surface area (Å²) >= 11 is 0. The molecule has 0 atom stereocenters. The third kappa shape index (κ3) is 4.88. The third-order valence-corrected chi connectivity index (χ3v) is 2.97. The predicted octanol–water partition coefficient (Wildman–Crippen LogP) is 3.92. The lowest BCUT2D eigenvalue weighted by Crippen LogP contribution is -2.27. The maximum absolute atomic E-state index is 12.1. The smallest absolute Gasteiger partial charge is 0.412 e. The monoisotopic (exact) mass is 315 g/mol. The summed E-state index contributed by atoms with van der Waals surface area (Å²) in [5.41, 5.74) is 1.96. The summed E-state index contributed by atoms with van der Waals surface area (Å²) in [6.45, 7) is 7.26. The standard InChI is InChI=1S/C17H21N3O3/c1-11-7-8-12(19-16(22)23-17(2,3)4)10-14(11)20-15(21)13-6-5-9-18-13/h5-10,18H,1-4H3,(H,19,22)(H,20,21). The molecular formula is C17H21N3O3. The average molecular weight is 315 g/mol. The second-order valence-corrected chi connectivity index (χ2v) is 6.19. The fourth-order valence-corrected chi connectivity index (χ4v) is 1.92. The number of nitrogens with one attached hydrogen (secondary N) is 3. The molecule has 2 amide bonds. The van der Waals surface area contributed by atoms with Crippen LogP contribution in [0, 0.1) is 6.92 Å². The van der Waals surface area contributed by atoms with Crippen LogP contribution in [-0.4, -0.2) is 22.6 Å². The van der Waals surface area contributed by atoms with Gasteiger partial charge in [-0.15, -0.1) is 0 Å². The lowest BCUT2D eigenvalue weighted by Gasteiger charge is -2.20. The van der Waals surface area contributed by atoms with Crippen LogP contribution < -0.4 is 10.6 Å². The van der Waals surface area contributed by atoms with Crippen molar-refractivity contribution in [2.75, 3.05) is 10.6 Å². The van der Waals surface area contributed by atoms with Crippen molar-refractivity contribution < 1.29 is 14.3 Å². The van der Waals surface area contributed by atoms with Crippen LogP contribution in [-0.2, 0) is 4.74 Å². The molecule has 0 bridgehead atoms. The molecule has 0 saturated carbocycles. The highest BCUT2D eigenvalue weighted by Crippen LogP contribution is 2.21. The Morgan fingerprint density at radius 3 is 2.48 bits per heavy atom. The van der Waals surface area contributed by atoms with E-state index >= 15 is 0 Å². The molecule has 6 nitrogen and oxygen atoms in total. The number of hydrogen-bond acceptors (Lipinski definition) is 3. The van der Waals surface area contributed by atoms with Gasteiger partial charge in [-0.2, -0.15) is 0 Å². The number of aromatic amines is 1. The van der Waals surface area contributed by atoms with Crippen molar-refractivity contribution in [1.82, 2.24) is 4.98 Å². The van der Waals surface area contributed by atoms with Crippen LogP contribution in [0.5, 0.6) is 0 Å². The third-order valence-electron chi connectivity index (χ3n) is 2.97. The second-order valence-electron chi connectivity index (χ2n) is 6.19. The van der Waals surface area contributed by atoms with E-state index in [1.165, 1.54) is 0 Å². The highest BCUT2D eigenvalue weighted by molar-refractivity contribution is 6.03. The highest BCUT2D eigenvalue weighted by atomic mass is 16.6. The van der Waals surface area contributed by atoms with E-state index in [0.29, 0.717) is 17.1 Å². The first kappa shape index (κ1) is 16.6. The predicted molar refractivity (Wildman–Crippen MR) is 89.8 cm³/mol. The van der Waals surface area contributed by atoms with Gasteiger partial charge in [0.05, 0.1) is 0 Å². The van der Waals surface area contributed by atoms with Gasteiger partial charge in [0.15, 0.2) is 0 Å². The van der Waals surface area contributed by atoms with E-state index in [4.69, 9.17) is 4.74 Å². The molecule has 23 heavy (non-hydrogen) atoms. The molecule has 0 unspecified atom stereocenters. The van der Waals surface area contributed by atoms with E-state index in [9.17, 15) is 9.59 Å². The number of hydrogen-bond donors (Lipinski definition) is 3. The topological polar surface area (TPSA) is 83.2 Å². The molecule has 2 rings (SSSR count). The van der Waals surface area contributed by atoms with E-state index in [1.807, 2.05) is 13.0 Å². The van der Waals surface area contributed by atoms with E-state index in [0.717, 1.165) is 5.56 Å². The Morgan fingerprint density at radius 1 is 1.13 bits per heavy atom. The van der Waals surface area contributed by atoms with Gasteiger partial charge in [-0.3, -0.25) is 10.1 Å². The molecule has 0 aliphatic rings. The largest absolute Gasteiger partial charge is 0.444 e. The summed E-state index contributed by atoms with van der Waals surface area (Å²) in [5, 5.41) is 5.47. The van der Waals surface area contributed by atoms with Crippen LogP contribution in [0.15, 0.2) is 36.5 Å². The van der Waals surface area contributed by atoms with Crippen molar-refractivity contribution in [3.63, 3.8) is 0 Å². The van der Waals surface area contributed by atoms with Crippen LogP contribution in [0.25, 0.3) is 0 Å². The fourth-order valence-electron chi connectivity index (χ4n) is 1.92. The van der Waals surface area contributed by atoms with Gasteiger partial charge in [-0.25, -0.2) is 4.79 Å². The van der Waals surface area contributed by atoms with Crippen molar-refractivity contribution in [2.45, 2.75) is 33.3 Å². The van der Waals surface area contributed by atoms with E-state index in [2.05, 4.69) is 15.6 Å². The van der Waals surface area contributed by atoms with Gasteiger partial charge in [0, 0.05) is 17.6 Å². The Hall–Kier alpha value is -2.76. The summed E-state index contributed by atoms with van der Waals surface area (Å²) in [5.74, 6) is -0.243. The molecule has 3 N–H and O–H groups in total. The first-order valence-electron chi connectivity index (χ1n) is 7.30. The number of aryl methyl sites for hydroxylation is 1. The number of amides is 2. The van der Waals surface area contributed by atoms with Crippen LogP contribution in [0.4, 0.5) is 16.2 Å². The average Bonchev–Trinajstić information content (AvgIpc) is 2.94. The van der Waals surface area contributed by atoms with Crippen molar-refractivity contribution in [1.29, 1.82) is 0 Å². The number of carbonyl (C=O) groups is 2.